The molecule has 0 spiro atoms. The Morgan fingerprint density at radius 3 is 2.92 bits per heavy atom. The van der Waals surface area contributed by atoms with E-state index in [1.165, 1.54) is 6.42 Å². The van der Waals surface area contributed by atoms with Crippen molar-refractivity contribution >= 4 is 0 Å². The maximum absolute atomic E-state index is 9.59. The molecule has 1 N–H and O–H groups in total. The maximum Gasteiger partial charge on any atom is 0.107 e. The zero-order chi connectivity index (χ0) is 9.52. The fraction of sp³-hybridized carbons (Fsp3) is 0.900. The number of piperidine rings is 1. The van der Waals surface area contributed by atoms with Crippen molar-refractivity contribution in [1.82, 2.24) is 4.90 Å². The molecule has 1 aliphatic heterocycles. The summed E-state index contributed by atoms with van der Waals surface area (Å²) in [7, 11) is 0. The second kappa shape index (κ2) is 5.95. The van der Waals surface area contributed by atoms with E-state index in [2.05, 4.69) is 11.0 Å². The van der Waals surface area contributed by atoms with Gasteiger partial charge >= 0.3 is 0 Å². The molecular weight excluding hydrogens is 164 g/mol. The van der Waals surface area contributed by atoms with Gasteiger partial charge in [0.1, 0.15) is 6.23 Å². The Labute approximate surface area is 80.0 Å². The molecule has 1 aliphatic rings. The molecule has 1 saturated heterocycles. The van der Waals surface area contributed by atoms with Gasteiger partial charge in [-0.1, -0.05) is 0 Å². The molecule has 0 aliphatic carbocycles. The second-order valence-corrected chi connectivity index (χ2v) is 3.63. The van der Waals surface area contributed by atoms with Crippen LogP contribution in [0.2, 0.25) is 0 Å². The zero-order valence-corrected chi connectivity index (χ0v) is 8.08. The molecular formula is C10H18N2O. The first-order valence-electron chi connectivity index (χ1n) is 5.13. The van der Waals surface area contributed by atoms with E-state index < -0.39 is 0 Å². The van der Waals surface area contributed by atoms with Gasteiger partial charge in [0.05, 0.1) is 6.07 Å². The lowest BCUT2D eigenvalue weighted by Gasteiger charge is -2.31. The van der Waals surface area contributed by atoms with Crippen LogP contribution < -0.4 is 0 Å². The van der Waals surface area contributed by atoms with Gasteiger partial charge in [-0.25, -0.2) is 0 Å². The van der Waals surface area contributed by atoms with Crippen molar-refractivity contribution in [2.45, 2.75) is 44.8 Å². The van der Waals surface area contributed by atoms with Crippen molar-refractivity contribution < 1.29 is 5.11 Å². The molecule has 1 heterocycles. The first kappa shape index (κ1) is 10.5. The molecule has 3 heteroatoms. The van der Waals surface area contributed by atoms with Gasteiger partial charge < -0.3 is 5.11 Å². The lowest BCUT2D eigenvalue weighted by atomic mass is 10.1. The molecule has 0 unspecified atom stereocenters. The third-order valence-electron chi connectivity index (χ3n) is 2.56. The highest BCUT2D eigenvalue weighted by Crippen LogP contribution is 2.15. The maximum atomic E-state index is 9.59. The summed E-state index contributed by atoms with van der Waals surface area (Å²) in [5, 5.41) is 17.9. The Bertz CT molecular complexity index is 176. The predicted octanol–water partition coefficient (Wildman–Crippen LogP) is 1.48. The van der Waals surface area contributed by atoms with Gasteiger partial charge in [-0.15, -0.1) is 0 Å². The topological polar surface area (TPSA) is 47.3 Å². The molecule has 0 radical (unpaired) electrons. The fourth-order valence-corrected chi connectivity index (χ4v) is 1.75. The van der Waals surface area contributed by atoms with E-state index in [9.17, 15) is 5.11 Å². The van der Waals surface area contributed by atoms with Crippen LogP contribution in [-0.4, -0.2) is 29.3 Å². The summed E-state index contributed by atoms with van der Waals surface area (Å²) in [5.74, 6) is 0. The Kier molecular flexibility index (Phi) is 4.81. The number of hydrogen-bond donors (Lipinski definition) is 1. The standard InChI is InChI=1S/C10H18N2O/c11-7-3-1-4-8-12-9-5-2-6-10(12)13/h10,13H,1-6,8-9H2/t10-/m0/s1. The second-order valence-electron chi connectivity index (χ2n) is 3.63. The summed E-state index contributed by atoms with van der Waals surface area (Å²) in [6.45, 7) is 1.97. The molecule has 0 bridgehead atoms. The minimum absolute atomic E-state index is 0.226. The first-order chi connectivity index (χ1) is 6.34. The largest absolute Gasteiger partial charge is 0.378 e. The van der Waals surface area contributed by atoms with Crippen LogP contribution in [0.3, 0.4) is 0 Å². The number of unbranched alkanes of at least 4 members (excludes halogenated alkanes) is 2. The first-order valence-corrected chi connectivity index (χ1v) is 5.13. The fourth-order valence-electron chi connectivity index (χ4n) is 1.75. The zero-order valence-electron chi connectivity index (χ0n) is 8.08. The molecule has 3 nitrogen and oxygen atoms in total. The normalized spacial score (nSPS) is 24.2. The van der Waals surface area contributed by atoms with Gasteiger partial charge in [0.2, 0.25) is 0 Å². The summed E-state index contributed by atoms with van der Waals surface area (Å²) in [6.07, 6.45) is 5.67. The number of rotatable bonds is 4. The van der Waals surface area contributed by atoms with Crippen molar-refractivity contribution in [3.63, 3.8) is 0 Å². The molecule has 0 aromatic rings. The number of aliphatic hydroxyl groups is 1. The van der Waals surface area contributed by atoms with Crippen LogP contribution in [0.15, 0.2) is 0 Å². The summed E-state index contributed by atoms with van der Waals surface area (Å²) in [5.41, 5.74) is 0. The Morgan fingerprint density at radius 1 is 1.38 bits per heavy atom. The molecule has 1 fully saturated rings. The highest BCUT2D eigenvalue weighted by molar-refractivity contribution is 4.71. The molecule has 0 aromatic heterocycles. The number of nitriles is 1. The smallest absolute Gasteiger partial charge is 0.107 e. The third kappa shape index (κ3) is 3.75. The highest BCUT2D eigenvalue weighted by Gasteiger charge is 2.18. The molecule has 74 valence electrons. The van der Waals surface area contributed by atoms with E-state index in [1.807, 2.05) is 0 Å². The quantitative estimate of drug-likeness (QED) is 0.670. The number of nitrogens with zero attached hydrogens (tertiary/aromatic N) is 2. The lowest BCUT2D eigenvalue weighted by molar-refractivity contribution is -0.0241. The van der Waals surface area contributed by atoms with Crippen LogP contribution in [0.4, 0.5) is 0 Å². The molecule has 13 heavy (non-hydrogen) atoms. The van der Waals surface area contributed by atoms with Gasteiger partial charge in [0.15, 0.2) is 0 Å². The summed E-state index contributed by atoms with van der Waals surface area (Å²) in [4.78, 5) is 2.13. The van der Waals surface area contributed by atoms with E-state index in [-0.39, 0.29) is 6.23 Å². The van der Waals surface area contributed by atoms with Crippen molar-refractivity contribution in [2.24, 2.45) is 0 Å². The van der Waals surface area contributed by atoms with Crippen LogP contribution in [0.5, 0.6) is 0 Å². The van der Waals surface area contributed by atoms with Crippen LogP contribution in [0.1, 0.15) is 38.5 Å². The van der Waals surface area contributed by atoms with Gasteiger partial charge in [0, 0.05) is 19.5 Å². The average molecular weight is 182 g/mol. The van der Waals surface area contributed by atoms with E-state index in [0.29, 0.717) is 6.42 Å². The van der Waals surface area contributed by atoms with E-state index in [1.54, 1.807) is 0 Å². The number of hydrogen-bond acceptors (Lipinski definition) is 3. The van der Waals surface area contributed by atoms with E-state index in [0.717, 1.165) is 38.8 Å². The molecule has 0 amide bonds. The minimum atomic E-state index is -0.226. The van der Waals surface area contributed by atoms with Crippen LogP contribution in [-0.2, 0) is 0 Å². The SMILES string of the molecule is N#CCCCCN1CCCC[C@@H]1O. The van der Waals surface area contributed by atoms with Gasteiger partial charge in [0.25, 0.3) is 0 Å². The summed E-state index contributed by atoms with van der Waals surface area (Å²) in [6, 6.07) is 2.14. The molecule has 0 saturated carbocycles. The highest BCUT2D eigenvalue weighted by atomic mass is 16.3. The number of likely N-dealkylation sites (tertiary alicyclic amines) is 1. The van der Waals surface area contributed by atoms with Crippen molar-refractivity contribution in [3.8, 4) is 6.07 Å². The van der Waals surface area contributed by atoms with Crippen LogP contribution in [0.25, 0.3) is 0 Å². The Hall–Kier alpha value is -0.590. The van der Waals surface area contributed by atoms with Crippen LogP contribution in [0, 0.1) is 11.3 Å². The van der Waals surface area contributed by atoms with Gasteiger partial charge in [-0.05, 0) is 32.1 Å². The van der Waals surface area contributed by atoms with Gasteiger partial charge in [-0.2, -0.15) is 5.26 Å². The molecule has 0 aromatic carbocycles. The third-order valence-corrected chi connectivity index (χ3v) is 2.56. The monoisotopic (exact) mass is 182 g/mol. The number of aliphatic hydroxyl groups excluding tert-OH is 1. The summed E-state index contributed by atoms with van der Waals surface area (Å²) >= 11 is 0. The van der Waals surface area contributed by atoms with Crippen molar-refractivity contribution in [3.05, 3.63) is 0 Å². The van der Waals surface area contributed by atoms with Crippen molar-refractivity contribution in [2.75, 3.05) is 13.1 Å². The molecule has 1 rings (SSSR count). The average Bonchev–Trinajstić information content (AvgIpc) is 2.15. The molecule has 1 atom stereocenters. The lowest BCUT2D eigenvalue weighted by Crippen LogP contribution is -2.39. The van der Waals surface area contributed by atoms with Gasteiger partial charge in [-0.3, -0.25) is 4.90 Å². The van der Waals surface area contributed by atoms with E-state index in [4.69, 9.17) is 5.26 Å². The minimum Gasteiger partial charge on any atom is -0.378 e. The Morgan fingerprint density at radius 2 is 2.23 bits per heavy atom. The summed E-state index contributed by atoms with van der Waals surface area (Å²) < 4.78 is 0. The van der Waals surface area contributed by atoms with E-state index >= 15 is 0 Å². The predicted molar refractivity (Wildman–Crippen MR) is 50.9 cm³/mol. The van der Waals surface area contributed by atoms with Crippen LogP contribution >= 0.6 is 0 Å². The van der Waals surface area contributed by atoms with Crippen molar-refractivity contribution in [1.29, 1.82) is 5.26 Å². The Balaban J connectivity index is 2.09.